The van der Waals surface area contributed by atoms with Gasteiger partial charge < -0.3 is 35.7 Å². The molecule has 0 atom stereocenters. The van der Waals surface area contributed by atoms with Crippen molar-refractivity contribution in [3.63, 3.8) is 0 Å². The maximum atomic E-state index is 9.60. The van der Waals surface area contributed by atoms with Gasteiger partial charge in [0.1, 0.15) is 0 Å². The van der Waals surface area contributed by atoms with Crippen molar-refractivity contribution in [2.24, 2.45) is 5.41 Å². The van der Waals surface area contributed by atoms with E-state index in [2.05, 4.69) is 33.6 Å². The zero-order valence-electron chi connectivity index (χ0n) is 18.5. The van der Waals surface area contributed by atoms with Crippen LogP contribution in [-0.2, 0) is 14.4 Å². The first kappa shape index (κ1) is 38.1. The van der Waals surface area contributed by atoms with Crippen LogP contribution in [0.4, 0.5) is 0 Å². The Morgan fingerprint density at radius 1 is 0.600 bits per heavy atom. The highest BCUT2D eigenvalue weighted by Crippen LogP contribution is 2.11. The second-order valence-electron chi connectivity index (χ2n) is 6.10. The van der Waals surface area contributed by atoms with Gasteiger partial charge in [-0.15, -0.1) is 0 Å². The first-order valence-electron chi connectivity index (χ1n) is 8.69. The molecule has 0 unspecified atom stereocenters. The van der Waals surface area contributed by atoms with Crippen LogP contribution in [-0.4, -0.2) is 80.1 Å². The quantitative estimate of drug-likeness (QED) is 0.285. The van der Waals surface area contributed by atoms with Gasteiger partial charge in [-0.3, -0.25) is 0 Å². The minimum absolute atomic E-state index is 0.176. The van der Waals surface area contributed by atoms with E-state index in [1.807, 2.05) is 0 Å². The molecule has 0 bridgehead atoms. The van der Waals surface area contributed by atoms with Gasteiger partial charge in [-0.05, 0) is 20.8 Å². The molecular weight excluding hydrogens is 400 g/mol. The van der Waals surface area contributed by atoms with Crippen LogP contribution in [0.15, 0.2) is 36.5 Å². The van der Waals surface area contributed by atoms with Crippen molar-refractivity contribution in [2.45, 2.75) is 41.0 Å². The van der Waals surface area contributed by atoms with Gasteiger partial charge in [-0.1, -0.05) is 40.0 Å². The summed E-state index contributed by atoms with van der Waals surface area (Å²) in [7, 11) is 0. The molecule has 0 saturated carbocycles. The first-order valence-corrected chi connectivity index (χ1v) is 8.69. The van der Waals surface area contributed by atoms with Gasteiger partial charge >= 0.3 is 17.9 Å². The number of carboxylic acid groups (broad SMARTS) is 3. The summed E-state index contributed by atoms with van der Waals surface area (Å²) in [5, 5.41) is 57.7. The Morgan fingerprint density at radius 3 is 0.700 bits per heavy atom. The predicted molar refractivity (Wildman–Crippen MR) is 114 cm³/mol. The smallest absolute Gasteiger partial charge is 0.330 e. The average Bonchev–Trinajstić information content (AvgIpc) is 2.66. The molecule has 0 aromatic heterocycles. The summed E-state index contributed by atoms with van der Waals surface area (Å²) in [5.74, 6) is -2.81. The maximum absolute atomic E-state index is 9.60. The monoisotopic (exact) mass is 438 g/mol. The number of carboxylic acids is 3. The van der Waals surface area contributed by atoms with E-state index < -0.39 is 49.8 Å². The molecule has 7 N–H and O–H groups in total. The number of aliphatic carboxylic acids is 3. The predicted octanol–water partition coefficient (Wildman–Crippen LogP) is 1.30. The summed E-state index contributed by atoms with van der Waals surface area (Å²) in [6.07, 6.45) is 1.25. The first-order chi connectivity index (χ1) is 13.6. The number of aliphatic hydroxyl groups is 4. The molecular formula is C20H38O10. The van der Waals surface area contributed by atoms with E-state index in [0.29, 0.717) is 0 Å². The summed E-state index contributed by atoms with van der Waals surface area (Å²) in [6, 6.07) is 0. The highest BCUT2D eigenvalue weighted by Gasteiger charge is 2.26. The normalized spacial score (nSPS) is 8.70. The molecule has 0 amide bonds. The van der Waals surface area contributed by atoms with Gasteiger partial charge in [0.25, 0.3) is 0 Å². The molecule has 0 aromatic carbocycles. The Kier molecular flexibility index (Phi) is 31.1. The molecule has 0 aliphatic heterocycles. The number of rotatable bonds is 7. The second-order valence-corrected chi connectivity index (χ2v) is 6.10. The van der Waals surface area contributed by atoms with E-state index in [1.165, 1.54) is 27.2 Å². The Morgan fingerprint density at radius 2 is 0.700 bits per heavy atom. The summed E-state index contributed by atoms with van der Waals surface area (Å²) in [6.45, 7) is 16.4. The van der Waals surface area contributed by atoms with Gasteiger partial charge in [0.2, 0.25) is 0 Å². The topological polar surface area (TPSA) is 193 Å². The van der Waals surface area contributed by atoms with Crippen LogP contribution in [0.25, 0.3) is 0 Å². The van der Waals surface area contributed by atoms with Gasteiger partial charge in [0.15, 0.2) is 0 Å². The van der Waals surface area contributed by atoms with E-state index in [0.717, 1.165) is 0 Å². The lowest BCUT2D eigenvalue weighted by Crippen LogP contribution is -2.37. The van der Waals surface area contributed by atoms with Crippen LogP contribution in [0, 0.1) is 5.41 Å². The summed E-state index contributed by atoms with van der Waals surface area (Å²) in [5.41, 5.74) is -0.583. The molecule has 0 aliphatic rings. The van der Waals surface area contributed by atoms with Crippen LogP contribution in [0.1, 0.15) is 41.0 Å². The van der Waals surface area contributed by atoms with E-state index >= 15 is 0 Å². The van der Waals surface area contributed by atoms with E-state index in [-0.39, 0.29) is 16.7 Å². The molecule has 10 heteroatoms. The molecule has 0 radical (unpaired) electrons. The molecule has 0 fully saturated rings. The van der Waals surface area contributed by atoms with Crippen molar-refractivity contribution >= 4 is 17.9 Å². The van der Waals surface area contributed by atoms with Gasteiger partial charge in [0.05, 0.1) is 31.8 Å². The van der Waals surface area contributed by atoms with Gasteiger partial charge in [-0.2, -0.15) is 0 Å². The molecule has 0 rings (SSSR count). The molecule has 178 valence electrons. The van der Waals surface area contributed by atoms with Crippen LogP contribution < -0.4 is 0 Å². The molecule has 30 heavy (non-hydrogen) atoms. The van der Waals surface area contributed by atoms with Crippen LogP contribution in [0.3, 0.4) is 0 Å². The Hall–Kier alpha value is -2.53. The Bertz CT molecular complexity index is 409. The van der Waals surface area contributed by atoms with Crippen molar-refractivity contribution < 1.29 is 50.1 Å². The summed E-state index contributed by atoms with van der Waals surface area (Å²) < 4.78 is 0. The van der Waals surface area contributed by atoms with Crippen LogP contribution >= 0.6 is 0 Å². The molecule has 10 nitrogen and oxygen atoms in total. The number of hydrogen-bond donors (Lipinski definition) is 7. The van der Waals surface area contributed by atoms with Gasteiger partial charge in [0, 0.05) is 16.7 Å². The average molecular weight is 439 g/mol. The van der Waals surface area contributed by atoms with E-state index in [4.69, 9.17) is 35.7 Å². The fourth-order valence-electron chi connectivity index (χ4n) is 0.300. The van der Waals surface area contributed by atoms with Crippen molar-refractivity contribution in [3.05, 3.63) is 36.5 Å². The summed E-state index contributed by atoms with van der Waals surface area (Å²) in [4.78, 5) is 28.8. The zero-order valence-corrected chi connectivity index (χ0v) is 18.5. The molecule has 0 saturated heterocycles. The highest BCUT2D eigenvalue weighted by molar-refractivity contribution is 5.85. The molecule has 0 aliphatic carbocycles. The maximum Gasteiger partial charge on any atom is 0.330 e. The minimum atomic E-state index is -1.11. The Labute approximate surface area is 178 Å². The van der Waals surface area contributed by atoms with Crippen molar-refractivity contribution in [2.75, 3.05) is 26.4 Å². The Balaban J connectivity index is -0.0000000900. The third-order valence-corrected chi connectivity index (χ3v) is 2.44. The fourth-order valence-corrected chi connectivity index (χ4v) is 0.300. The SMILES string of the molecule is C=C(C)C(=O)O.C=C(C)C(=O)O.C=C(C)C(=O)O.CCC.OCC(CO)(CO)CO. The van der Waals surface area contributed by atoms with Gasteiger partial charge in [-0.25, -0.2) is 14.4 Å². The molecule has 0 heterocycles. The van der Waals surface area contributed by atoms with Crippen LogP contribution in [0.2, 0.25) is 0 Å². The minimum Gasteiger partial charge on any atom is -0.478 e. The standard InChI is InChI=1S/C5H12O4.3C4H6O2.C3H8/c6-1-5(2-7,3-8)4-9;3*1-3(2)4(5)6;1-3-2/h6-9H,1-4H2;3*1H2,2H3,(H,5,6);3H2,1-2H3. The summed E-state index contributed by atoms with van der Waals surface area (Å²) >= 11 is 0. The lowest BCUT2D eigenvalue weighted by molar-refractivity contribution is -0.133. The fraction of sp³-hybridized carbons (Fsp3) is 0.550. The molecule has 0 aromatic rings. The number of hydrogen-bond acceptors (Lipinski definition) is 7. The number of carbonyl (C=O) groups is 3. The van der Waals surface area contributed by atoms with Crippen molar-refractivity contribution in [1.29, 1.82) is 0 Å². The lowest BCUT2D eigenvalue weighted by atomic mass is 9.93. The van der Waals surface area contributed by atoms with E-state index in [1.54, 1.807) is 0 Å². The second kappa shape index (κ2) is 24.5. The van der Waals surface area contributed by atoms with Crippen LogP contribution in [0.5, 0.6) is 0 Å². The third kappa shape index (κ3) is 33.1. The largest absolute Gasteiger partial charge is 0.478 e. The van der Waals surface area contributed by atoms with Crippen molar-refractivity contribution in [3.8, 4) is 0 Å². The number of aliphatic hydroxyl groups excluding tert-OH is 4. The highest BCUT2D eigenvalue weighted by atomic mass is 16.4. The third-order valence-electron chi connectivity index (χ3n) is 2.44. The van der Waals surface area contributed by atoms with E-state index in [9.17, 15) is 14.4 Å². The molecule has 0 spiro atoms. The van der Waals surface area contributed by atoms with Crippen molar-refractivity contribution in [1.82, 2.24) is 0 Å². The zero-order chi connectivity index (χ0) is 25.5. The lowest BCUT2D eigenvalue weighted by Gasteiger charge is -2.23.